The van der Waals surface area contributed by atoms with Crippen molar-refractivity contribution in [1.82, 2.24) is 9.55 Å². The number of aryl methyl sites for hydroxylation is 1. The number of nitrogens with zero attached hydrogens (tertiary/aromatic N) is 3. The third kappa shape index (κ3) is 3.17. The van der Waals surface area contributed by atoms with Crippen LogP contribution in [0.4, 0.5) is 15.9 Å². The zero-order valence-corrected chi connectivity index (χ0v) is 16.8. The molecule has 0 radical (unpaired) electrons. The lowest BCUT2D eigenvalue weighted by Crippen LogP contribution is -2.27. The van der Waals surface area contributed by atoms with Crippen LogP contribution < -0.4 is 10.6 Å². The molecule has 30 heavy (non-hydrogen) atoms. The lowest BCUT2D eigenvalue weighted by molar-refractivity contribution is 0.637. The van der Waals surface area contributed by atoms with E-state index < -0.39 is 18.5 Å². The average Bonchev–Trinajstić information content (AvgIpc) is 3.52. The minimum atomic E-state index is -2.77. The quantitative estimate of drug-likeness (QED) is 0.552. The normalized spacial score (nSPS) is 19.0. The Kier molecular flexibility index (Phi) is 3.65. The number of benzene rings is 2. The van der Waals surface area contributed by atoms with Gasteiger partial charge in [0.2, 0.25) is 0 Å². The Bertz CT molecular complexity index is 1380. The molecule has 4 nitrogen and oxygen atoms in total. The van der Waals surface area contributed by atoms with Crippen molar-refractivity contribution >= 4 is 22.4 Å². The minimum absolute atomic E-state index is 0.00778. The van der Waals surface area contributed by atoms with Gasteiger partial charge in [-0.05, 0) is 68.9 Å². The van der Waals surface area contributed by atoms with Crippen LogP contribution in [0.15, 0.2) is 41.2 Å². The highest BCUT2D eigenvalue weighted by molar-refractivity contribution is 5.92. The predicted molar refractivity (Wildman–Crippen MR) is 118 cm³/mol. The van der Waals surface area contributed by atoms with Crippen LogP contribution in [-0.4, -0.2) is 16.1 Å². The van der Waals surface area contributed by atoms with E-state index in [1.165, 1.54) is 18.2 Å². The van der Waals surface area contributed by atoms with Gasteiger partial charge in [-0.2, -0.15) is 4.98 Å². The van der Waals surface area contributed by atoms with Gasteiger partial charge in [0.05, 0.1) is 10.9 Å². The Hall–Kier alpha value is -3.13. The van der Waals surface area contributed by atoms with Gasteiger partial charge in [-0.3, -0.25) is 4.57 Å². The first kappa shape index (κ1) is 15.7. The van der Waals surface area contributed by atoms with E-state index in [9.17, 15) is 4.79 Å². The van der Waals surface area contributed by atoms with Crippen molar-refractivity contribution in [2.45, 2.75) is 39.0 Å². The van der Waals surface area contributed by atoms with Crippen LogP contribution in [-0.2, 0) is 13.4 Å². The number of fused-ring (bicyclic) bond motifs is 2. The number of hydrogen-bond donors (Lipinski definition) is 0. The van der Waals surface area contributed by atoms with Crippen LogP contribution in [0.1, 0.15) is 47.8 Å². The molecule has 0 unspecified atom stereocenters. The molecule has 1 aliphatic heterocycles. The Morgan fingerprint density at radius 2 is 2.03 bits per heavy atom. The molecule has 1 aliphatic carbocycles. The largest absolute Gasteiger partial charge is 0.349 e. The zero-order chi connectivity index (χ0) is 23.4. The fourth-order valence-corrected chi connectivity index (χ4v) is 4.07. The Morgan fingerprint density at radius 1 is 1.20 bits per heavy atom. The summed E-state index contributed by atoms with van der Waals surface area (Å²) in [6, 6.07) is 9.98. The maximum atomic E-state index is 15.1. The van der Waals surface area contributed by atoms with E-state index in [1.54, 1.807) is 0 Å². The first-order chi connectivity index (χ1) is 15.7. The van der Waals surface area contributed by atoms with Crippen molar-refractivity contribution in [2.75, 3.05) is 11.4 Å². The molecule has 5 heteroatoms. The summed E-state index contributed by atoms with van der Waals surface area (Å²) in [7, 11) is 0. The molecule has 0 atom stereocenters. The molecule has 0 spiro atoms. The molecule has 1 fully saturated rings. The van der Waals surface area contributed by atoms with E-state index in [1.807, 2.05) is 23.1 Å². The molecular weight excluding hydrogens is 377 g/mol. The molecule has 1 aromatic heterocycles. The number of halogens is 1. The van der Waals surface area contributed by atoms with Crippen molar-refractivity contribution in [2.24, 2.45) is 12.4 Å². The Morgan fingerprint density at radius 3 is 2.83 bits per heavy atom. The number of rotatable bonds is 1. The molecule has 5 rings (SSSR count). The number of hydrogen-bond acceptors (Lipinski definition) is 3. The lowest BCUT2D eigenvalue weighted by Gasteiger charge is -2.26. The van der Waals surface area contributed by atoms with Crippen LogP contribution in [0.2, 0.25) is 0 Å². The number of anilines is 2. The number of aromatic nitrogens is 2. The van der Waals surface area contributed by atoms with E-state index in [0.29, 0.717) is 11.1 Å². The standard InChI is InChI=1S/C25H24FN3O/c1-25(14-15-25)13-12-17-7-5-10-20-18(17)8-3-4-16-29(20)23-22-19(26)9-6-11-21(22)28(2)24(30)27-23/h5-7,9-11H,3-4,8,14-16H2,1-2H3/i2D3. The van der Waals surface area contributed by atoms with E-state index in [4.69, 9.17) is 4.11 Å². The van der Waals surface area contributed by atoms with Crippen LogP contribution in [0.3, 0.4) is 0 Å². The summed E-state index contributed by atoms with van der Waals surface area (Å²) in [5, 5.41) is 0.0306. The summed E-state index contributed by atoms with van der Waals surface area (Å²) in [5.74, 6) is 6.27. The van der Waals surface area contributed by atoms with Gasteiger partial charge in [-0.25, -0.2) is 9.18 Å². The van der Waals surface area contributed by atoms with E-state index >= 15 is 4.39 Å². The SMILES string of the molecule is [2H]C([2H])([2H])n1c(=O)nc(N2CCCCc3c(C#CC4(C)CC4)cccc32)c2c(F)cccc21. The fourth-order valence-electron chi connectivity index (χ4n) is 4.07. The second-order valence-electron chi connectivity index (χ2n) is 8.41. The van der Waals surface area contributed by atoms with Gasteiger partial charge in [0.25, 0.3) is 0 Å². The van der Waals surface area contributed by atoms with Gasteiger partial charge >= 0.3 is 5.69 Å². The molecule has 2 heterocycles. The summed E-state index contributed by atoms with van der Waals surface area (Å²) in [6.45, 7) is -0.0744. The molecule has 152 valence electrons. The topological polar surface area (TPSA) is 38.1 Å². The summed E-state index contributed by atoms with van der Waals surface area (Å²) in [5.41, 5.74) is 2.00. The van der Waals surface area contributed by atoms with Crippen molar-refractivity contribution in [1.29, 1.82) is 0 Å². The lowest BCUT2D eigenvalue weighted by atomic mass is 10.00. The smallest absolute Gasteiger partial charge is 0.325 e. The molecule has 2 aliphatic rings. The summed E-state index contributed by atoms with van der Waals surface area (Å²) >= 11 is 0. The van der Waals surface area contributed by atoms with Crippen LogP contribution in [0, 0.1) is 23.1 Å². The Labute approximate surface area is 179 Å². The molecule has 3 aromatic rings. The average molecular weight is 405 g/mol. The van der Waals surface area contributed by atoms with Crippen molar-refractivity contribution in [3.8, 4) is 11.8 Å². The third-order valence-corrected chi connectivity index (χ3v) is 6.10. The van der Waals surface area contributed by atoms with Gasteiger partial charge in [0, 0.05) is 34.3 Å². The molecule has 0 amide bonds. The highest BCUT2D eigenvalue weighted by atomic mass is 19.1. The van der Waals surface area contributed by atoms with Crippen molar-refractivity contribution in [3.05, 3.63) is 63.8 Å². The third-order valence-electron chi connectivity index (χ3n) is 6.10. The summed E-state index contributed by atoms with van der Waals surface area (Å²) in [4.78, 5) is 18.8. The zero-order valence-electron chi connectivity index (χ0n) is 19.8. The van der Waals surface area contributed by atoms with Gasteiger partial charge in [-0.15, -0.1) is 0 Å². The van der Waals surface area contributed by atoms with E-state index in [2.05, 4.69) is 23.7 Å². The molecule has 1 saturated carbocycles. The summed E-state index contributed by atoms with van der Waals surface area (Å²) in [6.07, 6.45) is 4.78. The predicted octanol–water partition coefficient (Wildman–Crippen LogP) is 4.70. The van der Waals surface area contributed by atoms with Gasteiger partial charge in [-0.1, -0.05) is 24.0 Å². The maximum Gasteiger partial charge on any atom is 0.349 e. The van der Waals surface area contributed by atoms with E-state index in [-0.39, 0.29) is 22.1 Å². The minimum Gasteiger partial charge on any atom is -0.325 e. The van der Waals surface area contributed by atoms with Crippen LogP contribution in [0.5, 0.6) is 0 Å². The second-order valence-corrected chi connectivity index (χ2v) is 8.41. The first-order valence-electron chi connectivity index (χ1n) is 11.8. The van der Waals surface area contributed by atoms with Gasteiger partial charge in [0.1, 0.15) is 5.82 Å². The fraction of sp³-hybridized carbons (Fsp3) is 0.360. The van der Waals surface area contributed by atoms with E-state index in [0.717, 1.165) is 48.9 Å². The summed E-state index contributed by atoms with van der Waals surface area (Å²) < 4.78 is 39.0. The second kappa shape index (κ2) is 6.98. The molecular formula is C25H24FN3O. The van der Waals surface area contributed by atoms with Crippen LogP contribution in [0.25, 0.3) is 10.9 Å². The maximum absolute atomic E-state index is 15.1. The van der Waals surface area contributed by atoms with Gasteiger partial charge < -0.3 is 4.90 Å². The molecule has 0 bridgehead atoms. The van der Waals surface area contributed by atoms with Crippen LogP contribution >= 0.6 is 0 Å². The molecule has 0 saturated heterocycles. The monoisotopic (exact) mass is 404 g/mol. The molecule has 0 N–H and O–H groups in total. The van der Waals surface area contributed by atoms with Gasteiger partial charge in [0.15, 0.2) is 5.82 Å². The Balaban J connectivity index is 1.74. The van der Waals surface area contributed by atoms with Crippen molar-refractivity contribution in [3.63, 3.8) is 0 Å². The van der Waals surface area contributed by atoms with Crippen molar-refractivity contribution < 1.29 is 8.50 Å². The molecule has 2 aromatic carbocycles. The highest BCUT2D eigenvalue weighted by Gasteiger charge is 2.35. The first-order valence-corrected chi connectivity index (χ1v) is 10.3. The highest BCUT2D eigenvalue weighted by Crippen LogP contribution is 2.44.